The van der Waals surface area contributed by atoms with E-state index < -0.39 is 0 Å². The van der Waals surface area contributed by atoms with Gasteiger partial charge in [-0.25, -0.2) is 0 Å². The number of carbonyl (C=O) groups excluding carboxylic acids is 1. The predicted octanol–water partition coefficient (Wildman–Crippen LogP) is 4.73. The lowest BCUT2D eigenvalue weighted by Gasteiger charge is -2.28. The van der Waals surface area contributed by atoms with Crippen molar-refractivity contribution in [3.05, 3.63) is 28.8 Å². The van der Waals surface area contributed by atoms with E-state index in [2.05, 4.69) is 41.5 Å². The molecule has 0 radical (unpaired) electrons. The normalized spacial score (nSPS) is 11.8. The molecule has 0 aliphatic carbocycles. The summed E-state index contributed by atoms with van der Waals surface area (Å²) in [6.07, 6.45) is 0.980. The first-order valence-electron chi connectivity index (χ1n) is 7.40. The number of phenols is 1. The summed E-state index contributed by atoms with van der Waals surface area (Å²) in [7, 11) is 1.40. The Morgan fingerprint density at radius 3 is 1.77 bits per heavy atom. The third-order valence-electron chi connectivity index (χ3n) is 3.63. The molecule has 1 N–H and O–H groups in total. The van der Waals surface area contributed by atoms with Gasteiger partial charge in [0.2, 0.25) is 0 Å². The molecule has 0 bridgehead atoms. The van der Waals surface area contributed by atoms with Gasteiger partial charge in [0.05, 0.1) is 7.11 Å². The van der Waals surface area contributed by atoms with Gasteiger partial charge in [-0.2, -0.15) is 0 Å². The number of hydrogen-bond donors (Lipinski definition) is 1. The van der Waals surface area contributed by atoms with E-state index in [9.17, 15) is 9.90 Å². The van der Waals surface area contributed by atoms with Crippen molar-refractivity contribution >= 4 is 5.97 Å². The van der Waals surface area contributed by atoms with E-state index in [1.807, 2.05) is 12.1 Å². The molecule has 0 aromatic heterocycles. The van der Waals surface area contributed by atoms with Crippen molar-refractivity contribution in [2.24, 2.45) is 0 Å². The Morgan fingerprint density at radius 1 is 1.05 bits per heavy atom. The molecule has 1 aromatic carbocycles. The fourth-order valence-electron chi connectivity index (χ4n) is 2.33. The smallest absolute Gasteiger partial charge is 0.305 e. The van der Waals surface area contributed by atoms with Crippen LogP contribution in [0.25, 0.3) is 0 Å². The topological polar surface area (TPSA) is 46.5 Å². The molecule has 0 saturated carbocycles. The minimum atomic E-state index is -0.210. The highest BCUT2D eigenvalue weighted by molar-refractivity contribution is 5.69. The van der Waals surface area contributed by atoms with Crippen LogP contribution in [0.2, 0.25) is 0 Å². The number of benzene rings is 1. The number of phenolic OH excluding ortho intramolecular Hbond substituents is 1. The van der Waals surface area contributed by atoms with E-state index in [1.54, 1.807) is 0 Å². The van der Waals surface area contributed by atoms with Crippen LogP contribution in [0, 0.1) is 0 Å². The van der Waals surface area contributed by atoms with Crippen molar-refractivity contribution in [1.82, 2.24) is 0 Å². The van der Waals surface area contributed by atoms with Gasteiger partial charge in [-0.1, -0.05) is 61.1 Å². The Morgan fingerprint density at radius 2 is 1.45 bits per heavy atom. The monoisotopic (exact) mass is 308 g/mol. The number of methoxy groups -OCH3 is 1. The van der Waals surface area contributed by atoms with Gasteiger partial charge in [-0.3, -0.25) is 4.79 Å². The zero-order chi connectivity index (χ0) is 16.4. The van der Waals surface area contributed by atoms with Crippen molar-refractivity contribution in [3.8, 4) is 5.75 Å². The van der Waals surface area contributed by atoms with Crippen LogP contribution in [-0.2, 0) is 26.8 Å². The van der Waals surface area contributed by atoms with Crippen LogP contribution in [0.15, 0.2) is 12.1 Å². The van der Waals surface area contributed by atoms with Crippen LogP contribution in [0.1, 0.15) is 72.1 Å². The zero-order valence-electron chi connectivity index (χ0n) is 14.3. The summed E-state index contributed by atoms with van der Waals surface area (Å²) in [4.78, 5) is 11.3. The van der Waals surface area contributed by atoms with Crippen LogP contribution in [0.5, 0.6) is 5.75 Å². The summed E-state index contributed by atoms with van der Waals surface area (Å²) < 4.78 is 4.70. The second kappa shape index (κ2) is 7.17. The zero-order valence-corrected chi connectivity index (χ0v) is 14.3. The Balaban J connectivity index is 0.00000441. The summed E-state index contributed by atoms with van der Waals surface area (Å²) in [6, 6.07) is 4.01. The van der Waals surface area contributed by atoms with Crippen molar-refractivity contribution < 1.29 is 14.6 Å². The third-order valence-corrected chi connectivity index (χ3v) is 3.63. The first-order valence-corrected chi connectivity index (χ1v) is 7.40. The van der Waals surface area contributed by atoms with Gasteiger partial charge in [-0.15, -0.1) is 0 Å². The molecule has 3 heteroatoms. The van der Waals surface area contributed by atoms with E-state index in [-0.39, 0.29) is 24.2 Å². The van der Waals surface area contributed by atoms with Crippen molar-refractivity contribution in [2.45, 2.75) is 72.6 Å². The molecular formula is C19H32O3. The molecule has 3 nitrogen and oxygen atoms in total. The van der Waals surface area contributed by atoms with Crippen LogP contribution in [0.3, 0.4) is 0 Å². The van der Waals surface area contributed by atoms with E-state index in [4.69, 9.17) is 4.74 Å². The minimum absolute atomic E-state index is 0. The lowest BCUT2D eigenvalue weighted by molar-refractivity contribution is -0.140. The maximum atomic E-state index is 11.3. The highest BCUT2D eigenvalue weighted by Gasteiger charge is 2.26. The number of aryl methyl sites for hydroxylation is 1. The molecule has 0 fully saturated rings. The van der Waals surface area contributed by atoms with E-state index >= 15 is 0 Å². The quantitative estimate of drug-likeness (QED) is 0.821. The first kappa shape index (κ1) is 20.5. The average Bonchev–Trinajstić information content (AvgIpc) is 2.34. The van der Waals surface area contributed by atoms with Crippen LogP contribution < -0.4 is 0 Å². The molecule has 0 saturated heterocycles. The molecule has 0 amide bonds. The molecule has 0 aliphatic rings. The third kappa shape index (κ3) is 5.04. The van der Waals surface area contributed by atoms with E-state index in [0.29, 0.717) is 18.6 Å². The lowest BCUT2D eigenvalue weighted by Crippen LogP contribution is -2.18. The van der Waals surface area contributed by atoms with Gasteiger partial charge in [-0.05, 0) is 33.9 Å². The molecule has 1 rings (SSSR count). The van der Waals surface area contributed by atoms with Gasteiger partial charge in [0.1, 0.15) is 5.75 Å². The fraction of sp³-hybridized carbons (Fsp3) is 0.632. The second-order valence-corrected chi connectivity index (χ2v) is 7.62. The van der Waals surface area contributed by atoms with Crippen molar-refractivity contribution in [2.75, 3.05) is 7.11 Å². The highest BCUT2D eigenvalue weighted by atomic mass is 16.5. The second-order valence-electron chi connectivity index (χ2n) is 7.62. The largest absolute Gasteiger partial charge is 0.507 e. The van der Waals surface area contributed by atoms with E-state index in [0.717, 1.165) is 16.7 Å². The Labute approximate surface area is 135 Å². The first-order chi connectivity index (χ1) is 9.46. The SMILES string of the molecule is C.COC(=O)CCc1cc(C(C)(C)C)c(O)c(C(C)(C)C)c1. The lowest BCUT2D eigenvalue weighted by atomic mass is 9.78. The van der Waals surface area contributed by atoms with Gasteiger partial charge in [0.15, 0.2) is 0 Å². The van der Waals surface area contributed by atoms with Gasteiger partial charge in [0.25, 0.3) is 0 Å². The van der Waals surface area contributed by atoms with E-state index in [1.165, 1.54) is 7.11 Å². The molecule has 126 valence electrons. The van der Waals surface area contributed by atoms with Gasteiger partial charge < -0.3 is 9.84 Å². The van der Waals surface area contributed by atoms with Crippen molar-refractivity contribution in [1.29, 1.82) is 0 Å². The standard InChI is InChI=1S/C18H28O3.CH4/c1-17(2,3)13-10-12(8-9-15(19)21-7)11-14(16(13)20)18(4,5)6;/h10-11,20H,8-9H2,1-7H3;1H4. The average molecular weight is 308 g/mol. The van der Waals surface area contributed by atoms with Crippen LogP contribution in [0.4, 0.5) is 0 Å². The summed E-state index contributed by atoms with van der Waals surface area (Å²) in [5.41, 5.74) is 2.62. The van der Waals surface area contributed by atoms with Gasteiger partial charge >= 0.3 is 5.97 Å². The molecule has 0 spiro atoms. The number of rotatable bonds is 3. The molecule has 1 aromatic rings. The number of ether oxygens (including phenoxy) is 1. The Kier molecular flexibility index (Phi) is 6.68. The molecule has 0 heterocycles. The predicted molar refractivity (Wildman–Crippen MR) is 92.6 cm³/mol. The van der Waals surface area contributed by atoms with Crippen LogP contribution >= 0.6 is 0 Å². The number of esters is 1. The number of aromatic hydroxyl groups is 1. The van der Waals surface area contributed by atoms with Crippen LogP contribution in [-0.4, -0.2) is 18.2 Å². The maximum Gasteiger partial charge on any atom is 0.305 e. The molecule has 0 unspecified atom stereocenters. The summed E-state index contributed by atoms with van der Waals surface area (Å²) in [5.74, 6) is 0.162. The Bertz CT molecular complexity index is 481. The Hall–Kier alpha value is -1.51. The minimum Gasteiger partial charge on any atom is -0.507 e. The highest BCUT2D eigenvalue weighted by Crippen LogP contribution is 2.39. The fourth-order valence-corrected chi connectivity index (χ4v) is 2.33. The summed E-state index contributed by atoms with van der Waals surface area (Å²) in [5, 5.41) is 10.6. The molecule has 0 aliphatic heterocycles. The maximum absolute atomic E-state index is 11.3. The summed E-state index contributed by atoms with van der Waals surface area (Å²) in [6.45, 7) is 12.5. The van der Waals surface area contributed by atoms with Crippen molar-refractivity contribution in [3.63, 3.8) is 0 Å². The summed E-state index contributed by atoms with van der Waals surface area (Å²) >= 11 is 0. The number of hydrogen-bond acceptors (Lipinski definition) is 3. The number of carbonyl (C=O) groups is 1. The molecule has 0 atom stereocenters. The van der Waals surface area contributed by atoms with Gasteiger partial charge in [0, 0.05) is 6.42 Å². The molecule has 22 heavy (non-hydrogen) atoms. The molecular weight excluding hydrogens is 276 g/mol.